The molecule has 1 aromatic carbocycles. The number of methoxy groups -OCH3 is 2. The normalized spacial score (nSPS) is 18.9. The molecule has 2 N–H and O–H groups in total. The van der Waals surface area contributed by atoms with Gasteiger partial charge in [-0.2, -0.15) is 0 Å². The SMILES string of the molecule is COC(=O)c1cc(C(O)CNCC2COC3=C(C=CCC3)O2)ccc1OC.Cl. The fourth-order valence-electron chi connectivity index (χ4n) is 3.08. The molecule has 0 saturated carbocycles. The number of carbonyl (C=O) groups is 1. The minimum atomic E-state index is -0.784. The first-order valence-electron chi connectivity index (χ1n) is 8.96. The third-order valence-corrected chi connectivity index (χ3v) is 4.54. The molecule has 2 atom stereocenters. The van der Waals surface area contributed by atoms with Crippen molar-refractivity contribution >= 4 is 18.4 Å². The second-order valence-electron chi connectivity index (χ2n) is 6.40. The Hall–Kier alpha value is -2.22. The Labute approximate surface area is 170 Å². The highest BCUT2D eigenvalue weighted by Crippen LogP contribution is 2.27. The molecule has 1 aromatic rings. The smallest absolute Gasteiger partial charge is 0.341 e. The second kappa shape index (κ2) is 10.4. The Morgan fingerprint density at radius 1 is 1.39 bits per heavy atom. The molecule has 1 aliphatic carbocycles. The molecule has 3 rings (SSSR count). The van der Waals surface area contributed by atoms with Gasteiger partial charge in [0, 0.05) is 19.5 Å². The zero-order chi connectivity index (χ0) is 19.2. The van der Waals surface area contributed by atoms with Gasteiger partial charge in [0.15, 0.2) is 5.76 Å². The summed E-state index contributed by atoms with van der Waals surface area (Å²) in [4.78, 5) is 11.9. The second-order valence-corrected chi connectivity index (χ2v) is 6.40. The zero-order valence-corrected chi connectivity index (χ0v) is 16.8. The van der Waals surface area contributed by atoms with E-state index in [9.17, 15) is 9.90 Å². The summed E-state index contributed by atoms with van der Waals surface area (Å²) in [7, 11) is 2.79. The van der Waals surface area contributed by atoms with Gasteiger partial charge in [-0.25, -0.2) is 4.79 Å². The average Bonchev–Trinajstić information content (AvgIpc) is 2.72. The van der Waals surface area contributed by atoms with E-state index in [0.717, 1.165) is 24.4 Å². The molecule has 154 valence electrons. The van der Waals surface area contributed by atoms with Crippen LogP contribution in [0.25, 0.3) is 0 Å². The first kappa shape index (κ1) is 22.1. The number of benzene rings is 1. The largest absolute Gasteiger partial charge is 0.496 e. The van der Waals surface area contributed by atoms with Crippen molar-refractivity contribution < 1.29 is 28.8 Å². The van der Waals surface area contributed by atoms with E-state index >= 15 is 0 Å². The monoisotopic (exact) mass is 411 g/mol. The lowest BCUT2D eigenvalue weighted by Gasteiger charge is -2.29. The maximum atomic E-state index is 11.9. The first-order chi connectivity index (χ1) is 13.1. The van der Waals surface area contributed by atoms with Crippen LogP contribution in [0.2, 0.25) is 0 Å². The van der Waals surface area contributed by atoms with Gasteiger partial charge in [0.25, 0.3) is 0 Å². The van der Waals surface area contributed by atoms with E-state index in [1.54, 1.807) is 18.2 Å². The number of ether oxygens (including phenoxy) is 4. The number of aliphatic hydroxyl groups excluding tert-OH is 1. The zero-order valence-electron chi connectivity index (χ0n) is 16.0. The predicted octanol–water partition coefficient (Wildman–Crippen LogP) is 2.50. The minimum Gasteiger partial charge on any atom is -0.496 e. The van der Waals surface area contributed by atoms with E-state index in [1.807, 2.05) is 6.08 Å². The average molecular weight is 412 g/mol. The highest BCUT2D eigenvalue weighted by Gasteiger charge is 2.23. The summed E-state index contributed by atoms with van der Waals surface area (Å²) in [5.74, 6) is 1.62. The van der Waals surface area contributed by atoms with Gasteiger partial charge in [0.2, 0.25) is 0 Å². The highest BCUT2D eigenvalue weighted by molar-refractivity contribution is 5.92. The van der Waals surface area contributed by atoms with Crippen LogP contribution in [0.5, 0.6) is 5.75 Å². The van der Waals surface area contributed by atoms with Crippen molar-refractivity contribution in [1.82, 2.24) is 5.32 Å². The molecule has 1 aliphatic heterocycles. The molecule has 8 heteroatoms. The van der Waals surface area contributed by atoms with Crippen LogP contribution in [-0.2, 0) is 14.2 Å². The van der Waals surface area contributed by atoms with Crippen molar-refractivity contribution in [2.24, 2.45) is 0 Å². The number of rotatable bonds is 7. The van der Waals surface area contributed by atoms with E-state index in [-0.39, 0.29) is 24.1 Å². The summed E-state index contributed by atoms with van der Waals surface area (Å²) < 4.78 is 21.6. The number of allylic oxidation sites excluding steroid dienone is 3. The molecule has 2 unspecified atom stereocenters. The lowest BCUT2D eigenvalue weighted by molar-refractivity contribution is -0.00221. The van der Waals surface area contributed by atoms with Crippen molar-refractivity contribution in [3.8, 4) is 5.75 Å². The van der Waals surface area contributed by atoms with Crippen LogP contribution in [0.1, 0.15) is 34.9 Å². The van der Waals surface area contributed by atoms with Gasteiger partial charge in [-0.1, -0.05) is 12.1 Å². The number of carbonyl (C=O) groups excluding carboxylic acids is 1. The molecule has 0 amide bonds. The van der Waals surface area contributed by atoms with Gasteiger partial charge < -0.3 is 29.4 Å². The maximum Gasteiger partial charge on any atom is 0.341 e. The summed E-state index contributed by atoms with van der Waals surface area (Å²) in [6.07, 6.45) is 4.99. The van der Waals surface area contributed by atoms with Gasteiger partial charge >= 0.3 is 5.97 Å². The van der Waals surface area contributed by atoms with Crippen LogP contribution in [0.3, 0.4) is 0 Å². The summed E-state index contributed by atoms with van der Waals surface area (Å²) in [5.41, 5.74) is 0.883. The quantitative estimate of drug-likeness (QED) is 0.666. The molecule has 0 saturated heterocycles. The number of aliphatic hydroxyl groups is 1. The maximum absolute atomic E-state index is 11.9. The Balaban J connectivity index is 0.00000280. The lowest BCUT2D eigenvalue weighted by Crippen LogP contribution is -2.37. The molecule has 2 aliphatic rings. The number of nitrogens with one attached hydrogen (secondary N) is 1. The molecule has 1 heterocycles. The summed E-state index contributed by atoms with van der Waals surface area (Å²) in [6.45, 7) is 1.35. The van der Waals surface area contributed by atoms with Gasteiger partial charge in [-0.3, -0.25) is 0 Å². The van der Waals surface area contributed by atoms with E-state index < -0.39 is 12.1 Å². The van der Waals surface area contributed by atoms with Crippen molar-refractivity contribution in [3.63, 3.8) is 0 Å². The van der Waals surface area contributed by atoms with E-state index in [4.69, 9.17) is 18.9 Å². The van der Waals surface area contributed by atoms with Crippen LogP contribution in [0.15, 0.2) is 41.9 Å². The molecule has 0 bridgehead atoms. The number of esters is 1. The van der Waals surface area contributed by atoms with Crippen LogP contribution in [0.4, 0.5) is 0 Å². The molecule has 7 nitrogen and oxygen atoms in total. The highest BCUT2D eigenvalue weighted by atomic mass is 35.5. The van der Waals surface area contributed by atoms with E-state index in [0.29, 0.717) is 31.0 Å². The van der Waals surface area contributed by atoms with Gasteiger partial charge in [-0.05, 0) is 30.2 Å². The van der Waals surface area contributed by atoms with Crippen LogP contribution < -0.4 is 10.1 Å². The Bertz CT molecular complexity index is 748. The van der Waals surface area contributed by atoms with Crippen molar-refractivity contribution in [1.29, 1.82) is 0 Å². The third-order valence-electron chi connectivity index (χ3n) is 4.54. The van der Waals surface area contributed by atoms with Crippen molar-refractivity contribution in [3.05, 3.63) is 53.0 Å². The topological polar surface area (TPSA) is 86.3 Å². The molecule has 28 heavy (non-hydrogen) atoms. The lowest BCUT2D eigenvalue weighted by atomic mass is 10.0. The summed E-state index contributed by atoms with van der Waals surface area (Å²) >= 11 is 0. The van der Waals surface area contributed by atoms with E-state index in [1.165, 1.54) is 14.2 Å². The van der Waals surface area contributed by atoms with Gasteiger partial charge in [0.1, 0.15) is 29.8 Å². The third kappa shape index (κ3) is 5.19. The van der Waals surface area contributed by atoms with E-state index in [2.05, 4.69) is 11.4 Å². The molecule has 0 fully saturated rings. The van der Waals surface area contributed by atoms with Gasteiger partial charge in [0.05, 0.1) is 20.3 Å². The molecular weight excluding hydrogens is 386 g/mol. The van der Waals surface area contributed by atoms with Crippen molar-refractivity contribution in [2.75, 3.05) is 33.9 Å². The standard InChI is InChI=1S/C20H25NO6.ClH/c1-24-17-8-7-13(9-15(17)20(23)25-2)16(22)11-21-10-14-12-26-18-5-3-4-6-19(18)27-14;/h4,6-9,14,16,21-22H,3,5,10-12H2,1-2H3;1H. The Kier molecular flexibility index (Phi) is 8.17. The van der Waals surface area contributed by atoms with Crippen LogP contribution in [0, 0.1) is 0 Å². The molecule has 0 spiro atoms. The Morgan fingerprint density at radius 2 is 2.21 bits per heavy atom. The minimum absolute atomic E-state index is 0. The molecule has 0 aromatic heterocycles. The molecule has 0 radical (unpaired) electrons. The number of hydrogen-bond acceptors (Lipinski definition) is 7. The van der Waals surface area contributed by atoms with Gasteiger partial charge in [-0.15, -0.1) is 12.4 Å². The summed E-state index contributed by atoms with van der Waals surface area (Å²) in [6, 6.07) is 4.95. The Morgan fingerprint density at radius 3 is 2.96 bits per heavy atom. The first-order valence-corrected chi connectivity index (χ1v) is 8.96. The van der Waals surface area contributed by atoms with Crippen molar-refractivity contribution in [2.45, 2.75) is 25.0 Å². The fourth-order valence-corrected chi connectivity index (χ4v) is 3.08. The molecular formula is C20H26ClNO6. The number of halogens is 1. The fraction of sp³-hybridized carbons (Fsp3) is 0.450. The van der Waals surface area contributed by atoms with Crippen LogP contribution >= 0.6 is 12.4 Å². The van der Waals surface area contributed by atoms with Crippen LogP contribution in [-0.4, -0.2) is 51.1 Å². The summed E-state index contributed by atoms with van der Waals surface area (Å²) in [5, 5.41) is 13.6. The number of hydrogen-bond donors (Lipinski definition) is 2. The predicted molar refractivity (Wildman–Crippen MR) is 106 cm³/mol.